The van der Waals surface area contributed by atoms with E-state index in [1.807, 2.05) is 4.90 Å². The van der Waals surface area contributed by atoms with E-state index < -0.39 is 64.9 Å². The number of nitrogens with one attached hydrogen (secondary N) is 4. The predicted molar refractivity (Wildman–Crippen MR) is 218 cm³/mol. The Labute approximate surface area is 347 Å². The first kappa shape index (κ1) is 41.2. The number of aliphatic hydroxyl groups excluding tert-OH is 3. The number of phenols is 2. The Morgan fingerprint density at radius 3 is 2.16 bits per heavy atom. The molecule has 0 spiro atoms. The Kier molecular flexibility index (Phi) is 11.1. The van der Waals surface area contributed by atoms with Crippen LogP contribution in [0.15, 0.2) is 84.0 Å². The highest BCUT2D eigenvalue weighted by Gasteiger charge is 2.52. The Morgan fingerprint density at radius 2 is 1.56 bits per heavy atom. The van der Waals surface area contributed by atoms with Gasteiger partial charge in [0, 0.05) is 37.3 Å². The largest absolute Gasteiger partial charge is 0.508 e. The van der Waals surface area contributed by atoms with Crippen molar-refractivity contribution in [3.05, 3.63) is 90.3 Å². The van der Waals surface area contributed by atoms with Crippen molar-refractivity contribution in [1.82, 2.24) is 35.1 Å². The molecule has 1 saturated carbocycles. The number of amides is 5. The molecule has 21 nitrogen and oxygen atoms in total. The van der Waals surface area contributed by atoms with Crippen molar-refractivity contribution in [2.45, 2.75) is 60.0 Å². The van der Waals surface area contributed by atoms with Crippen LogP contribution in [-0.2, 0) is 14.8 Å². The standard InChI is InChI=1S/C39H43N11O10S/c40-61(59,60)26-11-5-22(6-12-26)43-38(57)44-23-13-14-48(17-23)37-46-34(41-16-27(20-1-7-24(52)8-2-20)21-3-9-25(53)10-4-21)31-35(47-37)49(19-42-31)29-15-30(33(55)32(29)54)50-36(56)28(18-51)45-39(50)58/h1-12,19,23,27-30,32-33,51-55H,13-18H2,(H,45,58)(H2,40,59,60)(H,41,46,47)(H2,43,44,57)/t23-,28?,29-,30+,32+,33-/m1/s1. The van der Waals surface area contributed by atoms with Gasteiger partial charge >= 0.3 is 12.1 Å². The summed E-state index contributed by atoms with van der Waals surface area (Å²) in [6.45, 7) is 0.321. The van der Waals surface area contributed by atoms with E-state index in [1.165, 1.54) is 30.6 Å². The Hall–Kier alpha value is -6.59. The van der Waals surface area contributed by atoms with Crippen LogP contribution in [0.1, 0.15) is 35.9 Å². The Bertz CT molecular complexity index is 2510. The number of hydrogen-bond acceptors (Lipinski definition) is 15. The Morgan fingerprint density at radius 1 is 0.918 bits per heavy atom. The van der Waals surface area contributed by atoms with E-state index in [4.69, 9.17) is 15.1 Å². The number of aromatic nitrogens is 4. The molecule has 4 heterocycles. The van der Waals surface area contributed by atoms with E-state index in [0.29, 0.717) is 30.0 Å². The number of imide groups is 1. The number of aromatic hydroxyl groups is 2. The molecule has 0 radical (unpaired) electrons. The van der Waals surface area contributed by atoms with E-state index in [-0.39, 0.29) is 59.5 Å². The molecule has 5 amide bonds. The zero-order valence-electron chi connectivity index (χ0n) is 32.2. The molecule has 22 heteroatoms. The van der Waals surface area contributed by atoms with Crippen molar-refractivity contribution in [2.24, 2.45) is 5.14 Å². The van der Waals surface area contributed by atoms with Crippen LogP contribution >= 0.6 is 0 Å². The summed E-state index contributed by atoms with van der Waals surface area (Å²) in [5.41, 5.74) is 2.60. The van der Waals surface area contributed by atoms with Crippen molar-refractivity contribution in [3.8, 4) is 11.5 Å². The minimum atomic E-state index is -3.91. The lowest BCUT2D eigenvalue weighted by atomic mass is 9.91. The van der Waals surface area contributed by atoms with Gasteiger partial charge in [0.15, 0.2) is 17.0 Å². The topological polar surface area (TPSA) is 311 Å². The lowest BCUT2D eigenvalue weighted by Crippen LogP contribution is -2.47. The summed E-state index contributed by atoms with van der Waals surface area (Å²) < 4.78 is 24.8. The summed E-state index contributed by atoms with van der Waals surface area (Å²) in [6.07, 6.45) is -1.12. The lowest BCUT2D eigenvalue weighted by molar-refractivity contribution is -0.131. The monoisotopic (exact) mass is 857 g/mol. The van der Waals surface area contributed by atoms with E-state index in [1.54, 1.807) is 53.1 Å². The number of aliphatic hydroxyl groups is 3. The van der Waals surface area contributed by atoms with Crippen molar-refractivity contribution >= 4 is 56.6 Å². The number of benzene rings is 3. The molecular weight excluding hydrogens is 815 g/mol. The summed E-state index contributed by atoms with van der Waals surface area (Å²) in [6, 6.07) is 14.0. The van der Waals surface area contributed by atoms with Gasteiger partial charge < -0.3 is 56.3 Å². The van der Waals surface area contributed by atoms with Gasteiger partial charge in [0.05, 0.1) is 29.9 Å². The number of sulfonamides is 1. The van der Waals surface area contributed by atoms with Crippen molar-refractivity contribution in [1.29, 1.82) is 0 Å². The summed E-state index contributed by atoms with van der Waals surface area (Å²) in [7, 11) is -3.91. The van der Waals surface area contributed by atoms with Crippen LogP contribution < -0.4 is 31.3 Å². The molecule has 3 fully saturated rings. The molecule has 1 aliphatic carbocycles. The second-order valence-corrected chi connectivity index (χ2v) is 16.7. The third-order valence-corrected chi connectivity index (χ3v) is 12.2. The number of carbonyl (C=O) groups excluding carboxylic acids is 3. The van der Waals surface area contributed by atoms with Crippen LogP contribution in [0.4, 0.5) is 27.0 Å². The Balaban J connectivity index is 1.09. The fourth-order valence-corrected chi connectivity index (χ4v) is 8.61. The van der Waals surface area contributed by atoms with Gasteiger partial charge in [-0.3, -0.25) is 9.69 Å². The third-order valence-electron chi connectivity index (χ3n) is 11.3. The van der Waals surface area contributed by atoms with Crippen LogP contribution in [0.3, 0.4) is 0 Å². The van der Waals surface area contributed by atoms with Gasteiger partial charge in [-0.25, -0.2) is 28.1 Å². The zero-order valence-corrected chi connectivity index (χ0v) is 33.1. The van der Waals surface area contributed by atoms with E-state index >= 15 is 0 Å². The quantitative estimate of drug-likeness (QED) is 0.0763. The first-order valence-corrected chi connectivity index (χ1v) is 20.8. The molecule has 0 bridgehead atoms. The summed E-state index contributed by atoms with van der Waals surface area (Å²) in [5.74, 6) is -0.302. The molecule has 2 saturated heterocycles. The maximum atomic E-state index is 13.0. The molecule has 3 aliphatic rings. The highest BCUT2D eigenvalue weighted by molar-refractivity contribution is 7.89. The fourth-order valence-electron chi connectivity index (χ4n) is 8.10. The normalized spacial score (nSPS) is 22.9. The maximum Gasteiger partial charge on any atom is 0.325 e. The number of primary sulfonamides is 1. The average Bonchev–Trinajstić information content (AvgIpc) is 4.01. The molecule has 2 aromatic heterocycles. The van der Waals surface area contributed by atoms with Crippen molar-refractivity contribution in [2.75, 3.05) is 41.8 Å². The summed E-state index contributed by atoms with van der Waals surface area (Å²) in [4.78, 5) is 55.7. The van der Waals surface area contributed by atoms with E-state index in [0.717, 1.165) is 16.0 Å². The third kappa shape index (κ3) is 8.30. The highest BCUT2D eigenvalue weighted by Crippen LogP contribution is 2.38. The highest BCUT2D eigenvalue weighted by atomic mass is 32.2. The average molecular weight is 858 g/mol. The molecule has 1 unspecified atom stereocenters. The number of urea groups is 2. The number of carbonyl (C=O) groups is 3. The van der Waals surface area contributed by atoms with Crippen LogP contribution in [0, 0.1) is 0 Å². The number of anilines is 3. The van der Waals surface area contributed by atoms with Gasteiger partial charge in [0.2, 0.25) is 16.0 Å². The second-order valence-electron chi connectivity index (χ2n) is 15.2. The zero-order chi connectivity index (χ0) is 43.2. The molecule has 320 valence electrons. The molecule has 11 N–H and O–H groups in total. The number of imidazole rings is 1. The smallest absolute Gasteiger partial charge is 0.325 e. The van der Waals surface area contributed by atoms with Gasteiger partial charge in [-0.15, -0.1) is 0 Å². The van der Waals surface area contributed by atoms with Crippen molar-refractivity contribution < 1.29 is 48.3 Å². The molecule has 3 aromatic carbocycles. The van der Waals surface area contributed by atoms with Gasteiger partial charge in [0.1, 0.15) is 29.7 Å². The molecular formula is C39H43N11O10S. The number of phenolic OH excluding ortho intramolecular Hbond substituents is 2. The lowest BCUT2D eigenvalue weighted by Gasteiger charge is -2.24. The fraction of sp³-hybridized carbons (Fsp3) is 0.333. The van der Waals surface area contributed by atoms with E-state index in [2.05, 4.69) is 26.3 Å². The van der Waals surface area contributed by atoms with Gasteiger partial charge in [0.25, 0.3) is 5.91 Å². The van der Waals surface area contributed by atoms with Gasteiger partial charge in [-0.1, -0.05) is 24.3 Å². The first-order valence-electron chi connectivity index (χ1n) is 19.3. The van der Waals surface area contributed by atoms with Crippen LogP contribution in [0.5, 0.6) is 11.5 Å². The van der Waals surface area contributed by atoms with Crippen LogP contribution in [-0.4, -0.2) is 133 Å². The number of hydrogen-bond donors (Lipinski definition) is 10. The summed E-state index contributed by atoms with van der Waals surface area (Å²) >= 11 is 0. The van der Waals surface area contributed by atoms with Crippen LogP contribution in [0.2, 0.25) is 0 Å². The van der Waals surface area contributed by atoms with Crippen LogP contribution in [0.25, 0.3) is 11.2 Å². The van der Waals surface area contributed by atoms with E-state index in [9.17, 15) is 48.3 Å². The van der Waals surface area contributed by atoms with Crippen molar-refractivity contribution in [3.63, 3.8) is 0 Å². The molecule has 6 atom stereocenters. The predicted octanol–water partition coefficient (Wildman–Crippen LogP) is 0.477. The minimum absolute atomic E-state index is 0.0629. The van der Waals surface area contributed by atoms with Gasteiger partial charge in [-0.2, -0.15) is 9.97 Å². The number of nitrogens with zero attached hydrogens (tertiary/aromatic N) is 6. The van der Waals surface area contributed by atoms with Gasteiger partial charge in [-0.05, 0) is 72.5 Å². The number of fused-ring (bicyclic) bond motifs is 1. The molecule has 61 heavy (non-hydrogen) atoms. The number of nitrogens with two attached hydrogens (primary N) is 1. The molecule has 2 aliphatic heterocycles. The summed E-state index contributed by atoms with van der Waals surface area (Å²) in [5, 5.41) is 68.8. The minimum Gasteiger partial charge on any atom is -0.508 e. The first-order chi connectivity index (χ1) is 29.2. The second kappa shape index (κ2) is 16.5. The SMILES string of the molecule is NS(=O)(=O)c1ccc(NC(=O)N[C@@H]2CCN(c3nc(NCC(c4ccc(O)cc4)c4ccc(O)cc4)c4ncn([C@@H]5C[C@H](N6C(=O)NC(CO)C6=O)[C@@H](O)[C@H]5O)c4n3)C2)cc1. The maximum absolute atomic E-state index is 13.0. The number of rotatable bonds is 12. The molecule has 5 aromatic rings. The molecule has 8 rings (SSSR count).